The molecule has 1 saturated carbocycles. The van der Waals surface area contributed by atoms with Gasteiger partial charge in [0.2, 0.25) is 0 Å². The molecule has 1 amide bonds. The summed E-state index contributed by atoms with van der Waals surface area (Å²) in [5, 5.41) is 6.58. The fraction of sp³-hybridized carbons (Fsp3) is 0.650. The third kappa shape index (κ3) is 7.04. The van der Waals surface area contributed by atoms with Gasteiger partial charge in [0.15, 0.2) is 0 Å². The van der Waals surface area contributed by atoms with Crippen LogP contribution in [0.25, 0.3) is 0 Å². The van der Waals surface area contributed by atoms with Gasteiger partial charge in [0.25, 0.3) is 0 Å². The van der Waals surface area contributed by atoms with E-state index in [-0.39, 0.29) is 12.1 Å². The van der Waals surface area contributed by atoms with E-state index in [1.165, 1.54) is 6.42 Å². The third-order valence-electron chi connectivity index (χ3n) is 4.79. The second kappa shape index (κ2) is 9.78. The van der Waals surface area contributed by atoms with Crippen LogP contribution in [0.1, 0.15) is 38.7 Å². The Balaban J connectivity index is 1.59. The molecule has 0 aromatic heterocycles. The average molecular weight is 348 g/mol. The monoisotopic (exact) mass is 347 g/mol. The van der Waals surface area contributed by atoms with Crippen molar-refractivity contribution >= 4 is 6.09 Å². The van der Waals surface area contributed by atoms with Crippen molar-refractivity contribution in [3.05, 3.63) is 35.9 Å². The number of amides is 1. The predicted octanol–water partition coefficient (Wildman–Crippen LogP) is 3.01. The molecule has 2 rings (SSSR count). The molecule has 5 heteroatoms. The normalized spacial score (nSPS) is 21.0. The lowest BCUT2D eigenvalue weighted by molar-refractivity contribution is 0.124. The Labute approximate surface area is 152 Å². The van der Waals surface area contributed by atoms with E-state index >= 15 is 0 Å². The number of rotatable bonds is 9. The van der Waals surface area contributed by atoms with Crippen LogP contribution in [0.5, 0.6) is 0 Å². The first-order valence-electron chi connectivity index (χ1n) is 9.31. The Bertz CT molecular complexity index is 513. The lowest BCUT2D eigenvalue weighted by Gasteiger charge is -2.38. The molecule has 1 fully saturated rings. The quantitative estimate of drug-likeness (QED) is 0.721. The molecule has 0 spiro atoms. The molecule has 1 aromatic carbocycles. The van der Waals surface area contributed by atoms with Crippen LogP contribution in [-0.4, -0.2) is 49.8 Å². The highest BCUT2D eigenvalue weighted by Crippen LogP contribution is 2.20. The second-order valence-electron chi connectivity index (χ2n) is 7.73. The molecule has 1 aromatic rings. The molecule has 1 aliphatic rings. The van der Waals surface area contributed by atoms with Crippen molar-refractivity contribution in [2.45, 2.75) is 57.8 Å². The molecule has 0 saturated heterocycles. The summed E-state index contributed by atoms with van der Waals surface area (Å²) in [4.78, 5) is 14.1. The molecule has 140 valence electrons. The summed E-state index contributed by atoms with van der Waals surface area (Å²) in [6, 6.07) is 11.0. The van der Waals surface area contributed by atoms with Gasteiger partial charge >= 0.3 is 6.09 Å². The van der Waals surface area contributed by atoms with Crippen LogP contribution in [-0.2, 0) is 11.3 Å². The first kappa shape index (κ1) is 19.7. The molecule has 1 atom stereocenters. The number of likely N-dealkylation sites (N-methyl/N-ethyl adjacent to an activating group) is 1. The standard InChI is InChI=1S/C20H33N3O2/c1-15(2)10-19(23(3)4)13-21-17-11-18(12-17)22-20(24)25-14-16-8-6-5-7-9-16/h5-9,15,17-19,21H,10-14H2,1-4H3,(H,22,24). The molecule has 1 unspecified atom stereocenters. The highest BCUT2D eigenvalue weighted by molar-refractivity contribution is 5.67. The van der Waals surface area contributed by atoms with Crippen molar-refractivity contribution in [1.29, 1.82) is 0 Å². The zero-order valence-corrected chi connectivity index (χ0v) is 16.0. The van der Waals surface area contributed by atoms with Gasteiger partial charge in [0.1, 0.15) is 6.61 Å². The molecular formula is C20H33N3O2. The fourth-order valence-electron chi connectivity index (χ4n) is 3.16. The van der Waals surface area contributed by atoms with E-state index in [1.54, 1.807) is 0 Å². The lowest BCUT2D eigenvalue weighted by Crippen LogP contribution is -2.54. The SMILES string of the molecule is CC(C)CC(CNC1CC(NC(=O)OCc2ccccc2)C1)N(C)C. The van der Waals surface area contributed by atoms with E-state index in [0.29, 0.717) is 24.6 Å². The smallest absolute Gasteiger partial charge is 0.407 e. The Morgan fingerprint density at radius 1 is 1.20 bits per heavy atom. The van der Waals surface area contributed by atoms with Gasteiger partial charge in [0, 0.05) is 24.7 Å². The summed E-state index contributed by atoms with van der Waals surface area (Å²) in [6.07, 6.45) is 2.82. The first-order chi connectivity index (χ1) is 11.9. The van der Waals surface area contributed by atoms with Crippen molar-refractivity contribution < 1.29 is 9.53 Å². The van der Waals surface area contributed by atoms with Crippen LogP contribution in [0.2, 0.25) is 0 Å². The van der Waals surface area contributed by atoms with Crippen LogP contribution < -0.4 is 10.6 Å². The number of carbonyl (C=O) groups excluding carboxylic acids is 1. The molecule has 1 aliphatic carbocycles. The van der Waals surface area contributed by atoms with E-state index in [1.807, 2.05) is 30.3 Å². The molecule has 25 heavy (non-hydrogen) atoms. The number of alkyl carbamates (subject to hydrolysis) is 1. The van der Waals surface area contributed by atoms with Crippen molar-refractivity contribution in [3.8, 4) is 0 Å². The van der Waals surface area contributed by atoms with Crippen molar-refractivity contribution in [2.75, 3.05) is 20.6 Å². The van der Waals surface area contributed by atoms with Crippen LogP contribution in [0.15, 0.2) is 30.3 Å². The average Bonchev–Trinajstić information content (AvgIpc) is 2.54. The number of carbonyl (C=O) groups is 1. The molecular weight excluding hydrogens is 314 g/mol. The maximum atomic E-state index is 11.8. The number of nitrogens with one attached hydrogen (secondary N) is 2. The minimum absolute atomic E-state index is 0.226. The zero-order valence-electron chi connectivity index (χ0n) is 16.0. The molecule has 0 radical (unpaired) electrons. The van der Waals surface area contributed by atoms with Crippen LogP contribution in [0.4, 0.5) is 4.79 Å². The number of ether oxygens (including phenoxy) is 1. The van der Waals surface area contributed by atoms with Crippen molar-refractivity contribution in [3.63, 3.8) is 0 Å². The van der Waals surface area contributed by atoms with Crippen LogP contribution in [0.3, 0.4) is 0 Å². The van der Waals surface area contributed by atoms with E-state index in [4.69, 9.17) is 4.74 Å². The zero-order chi connectivity index (χ0) is 18.2. The lowest BCUT2D eigenvalue weighted by atomic mass is 9.86. The van der Waals surface area contributed by atoms with E-state index < -0.39 is 0 Å². The third-order valence-corrected chi connectivity index (χ3v) is 4.79. The van der Waals surface area contributed by atoms with E-state index in [2.05, 4.69) is 43.5 Å². The summed E-state index contributed by atoms with van der Waals surface area (Å²) in [5.41, 5.74) is 1.01. The Morgan fingerprint density at radius 2 is 1.88 bits per heavy atom. The number of hydrogen-bond acceptors (Lipinski definition) is 4. The topological polar surface area (TPSA) is 53.6 Å². The molecule has 0 bridgehead atoms. The Kier molecular flexibility index (Phi) is 7.72. The van der Waals surface area contributed by atoms with Gasteiger partial charge < -0.3 is 20.3 Å². The number of hydrogen-bond donors (Lipinski definition) is 2. The van der Waals surface area contributed by atoms with Gasteiger partial charge in [-0.05, 0) is 44.8 Å². The summed E-state index contributed by atoms with van der Waals surface area (Å²) in [5.74, 6) is 0.699. The van der Waals surface area contributed by atoms with E-state index in [9.17, 15) is 4.79 Å². The molecule has 2 N–H and O–H groups in total. The van der Waals surface area contributed by atoms with Crippen molar-refractivity contribution in [1.82, 2.24) is 15.5 Å². The van der Waals surface area contributed by atoms with Crippen LogP contribution >= 0.6 is 0 Å². The maximum Gasteiger partial charge on any atom is 0.407 e. The van der Waals surface area contributed by atoms with E-state index in [0.717, 1.165) is 24.9 Å². The van der Waals surface area contributed by atoms with Gasteiger partial charge in [-0.3, -0.25) is 0 Å². The summed E-state index contributed by atoms with van der Waals surface area (Å²) >= 11 is 0. The number of nitrogens with zero attached hydrogens (tertiary/aromatic N) is 1. The van der Waals surface area contributed by atoms with Gasteiger partial charge in [-0.15, -0.1) is 0 Å². The molecule has 0 heterocycles. The largest absolute Gasteiger partial charge is 0.445 e. The summed E-state index contributed by atoms with van der Waals surface area (Å²) in [6.45, 7) is 5.85. The number of benzene rings is 1. The molecule has 5 nitrogen and oxygen atoms in total. The minimum atomic E-state index is -0.321. The minimum Gasteiger partial charge on any atom is -0.445 e. The van der Waals surface area contributed by atoms with Gasteiger partial charge in [-0.1, -0.05) is 44.2 Å². The second-order valence-corrected chi connectivity index (χ2v) is 7.73. The van der Waals surface area contributed by atoms with Gasteiger partial charge in [0.05, 0.1) is 0 Å². The molecule has 0 aliphatic heterocycles. The highest BCUT2D eigenvalue weighted by Gasteiger charge is 2.31. The Hall–Kier alpha value is -1.59. The highest BCUT2D eigenvalue weighted by atomic mass is 16.5. The summed E-state index contributed by atoms with van der Waals surface area (Å²) in [7, 11) is 4.28. The van der Waals surface area contributed by atoms with Crippen LogP contribution in [0, 0.1) is 5.92 Å². The van der Waals surface area contributed by atoms with Gasteiger partial charge in [-0.2, -0.15) is 0 Å². The summed E-state index contributed by atoms with van der Waals surface area (Å²) < 4.78 is 5.27. The van der Waals surface area contributed by atoms with Gasteiger partial charge in [-0.25, -0.2) is 4.79 Å². The first-order valence-corrected chi connectivity index (χ1v) is 9.31. The predicted molar refractivity (Wildman–Crippen MR) is 102 cm³/mol. The maximum absolute atomic E-state index is 11.8. The fourth-order valence-corrected chi connectivity index (χ4v) is 3.16. The van der Waals surface area contributed by atoms with Crippen molar-refractivity contribution in [2.24, 2.45) is 5.92 Å². The Morgan fingerprint density at radius 3 is 2.48 bits per heavy atom.